The molecule has 0 aromatic heterocycles. The second kappa shape index (κ2) is 7.84. The molecule has 0 saturated carbocycles. The van der Waals surface area contributed by atoms with Crippen molar-refractivity contribution in [3.8, 4) is 17.2 Å². The lowest BCUT2D eigenvalue weighted by molar-refractivity contribution is -0.123. The van der Waals surface area contributed by atoms with Gasteiger partial charge in [-0.2, -0.15) is 5.10 Å². The molecular formula is C17H18N2O4. The van der Waals surface area contributed by atoms with Gasteiger partial charge in [-0.3, -0.25) is 4.79 Å². The number of aromatic hydroxyl groups is 1. The number of phenolic OH excluding ortho intramolecular Hbond substituents is 1. The standard InChI is InChI=1S/C17H18N2O4/c1-12-5-3-7-14(9-12)23-11-16(20)19-18-10-13-6-4-8-15(22-2)17(13)21/h3-10,21H,11H2,1-2H3,(H,19,20)/b18-10+. The number of amides is 1. The Morgan fingerprint density at radius 1 is 1.30 bits per heavy atom. The second-order valence-corrected chi connectivity index (χ2v) is 4.80. The largest absolute Gasteiger partial charge is 0.504 e. The van der Waals surface area contributed by atoms with Crippen LogP contribution < -0.4 is 14.9 Å². The summed E-state index contributed by atoms with van der Waals surface area (Å²) in [4.78, 5) is 11.7. The summed E-state index contributed by atoms with van der Waals surface area (Å²) in [6.07, 6.45) is 1.34. The molecule has 0 spiro atoms. The number of nitrogens with one attached hydrogen (secondary N) is 1. The Hall–Kier alpha value is -3.02. The molecule has 6 heteroatoms. The first-order chi connectivity index (χ1) is 11.1. The van der Waals surface area contributed by atoms with Gasteiger partial charge in [0, 0.05) is 5.56 Å². The molecule has 0 fully saturated rings. The molecule has 0 bridgehead atoms. The molecule has 23 heavy (non-hydrogen) atoms. The fourth-order valence-corrected chi connectivity index (χ4v) is 1.87. The number of aryl methyl sites for hydroxylation is 1. The summed E-state index contributed by atoms with van der Waals surface area (Å²) in [5.74, 6) is 0.520. The van der Waals surface area contributed by atoms with E-state index < -0.39 is 5.91 Å². The molecule has 120 valence electrons. The quantitative estimate of drug-likeness (QED) is 0.633. The minimum atomic E-state index is -0.398. The van der Waals surface area contributed by atoms with Crippen LogP contribution in [0.1, 0.15) is 11.1 Å². The van der Waals surface area contributed by atoms with Crippen molar-refractivity contribution in [1.29, 1.82) is 0 Å². The molecule has 0 saturated heterocycles. The first kappa shape index (κ1) is 16.4. The molecule has 0 aliphatic carbocycles. The van der Waals surface area contributed by atoms with E-state index in [-0.39, 0.29) is 12.4 Å². The number of rotatable bonds is 6. The Bertz CT molecular complexity index is 713. The Labute approximate surface area is 134 Å². The molecule has 2 N–H and O–H groups in total. The number of ether oxygens (including phenoxy) is 2. The smallest absolute Gasteiger partial charge is 0.277 e. The predicted molar refractivity (Wildman–Crippen MR) is 87.1 cm³/mol. The number of phenols is 1. The van der Waals surface area contributed by atoms with E-state index in [1.807, 2.05) is 25.1 Å². The summed E-state index contributed by atoms with van der Waals surface area (Å²) in [5.41, 5.74) is 3.82. The number of para-hydroxylation sites is 1. The molecule has 6 nitrogen and oxygen atoms in total. The van der Waals surface area contributed by atoms with E-state index in [9.17, 15) is 9.90 Å². The maximum Gasteiger partial charge on any atom is 0.277 e. The average Bonchev–Trinajstić information content (AvgIpc) is 2.54. The maximum absolute atomic E-state index is 11.7. The zero-order chi connectivity index (χ0) is 16.7. The highest BCUT2D eigenvalue weighted by atomic mass is 16.5. The van der Waals surface area contributed by atoms with Crippen molar-refractivity contribution in [2.24, 2.45) is 5.10 Å². The SMILES string of the molecule is COc1cccc(/C=N/NC(=O)COc2cccc(C)c2)c1O. The number of carbonyl (C=O) groups is 1. The molecule has 2 aromatic rings. The van der Waals surface area contributed by atoms with Crippen molar-refractivity contribution in [2.75, 3.05) is 13.7 Å². The topological polar surface area (TPSA) is 80.2 Å². The van der Waals surface area contributed by atoms with Gasteiger partial charge in [0.2, 0.25) is 0 Å². The van der Waals surface area contributed by atoms with Gasteiger partial charge >= 0.3 is 0 Å². The van der Waals surface area contributed by atoms with Crippen LogP contribution in [0.15, 0.2) is 47.6 Å². The molecule has 1 amide bonds. The van der Waals surface area contributed by atoms with Gasteiger partial charge < -0.3 is 14.6 Å². The zero-order valence-corrected chi connectivity index (χ0v) is 12.9. The summed E-state index contributed by atoms with van der Waals surface area (Å²) in [6, 6.07) is 12.4. The molecule has 0 radical (unpaired) electrons. The van der Waals surface area contributed by atoms with E-state index in [1.54, 1.807) is 24.3 Å². The molecule has 0 atom stereocenters. The normalized spacial score (nSPS) is 10.5. The molecule has 0 aliphatic rings. The van der Waals surface area contributed by atoms with E-state index in [1.165, 1.54) is 13.3 Å². The van der Waals surface area contributed by atoms with Gasteiger partial charge in [-0.15, -0.1) is 0 Å². The van der Waals surface area contributed by atoms with Crippen molar-refractivity contribution in [2.45, 2.75) is 6.92 Å². The first-order valence-corrected chi connectivity index (χ1v) is 6.97. The van der Waals surface area contributed by atoms with Crippen molar-refractivity contribution in [3.05, 3.63) is 53.6 Å². The lowest BCUT2D eigenvalue weighted by atomic mass is 10.2. The number of carbonyl (C=O) groups excluding carboxylic acids is 1. The highest BCUT2D eigenvalue weighted by molar-refractivity contribution is 5.86. The van der Waals surface area contributed by atoms with Gasteiger partial charge in [0.1, 0.15) is 5.75 Å². The summed E-state index contributed by atoms with van der Waals surface area (Å²) < 4.78 is 10.3. The highest BCUT2D eigenvalue weighted by Gasteiger charge is 2.05. The third kappa shape index (κ3) is 4.74. The van der Waals surface area contributed by atoms with Gasteiger partial charge in [-0.05, 0) is 36.8 Å². The highest BCUT2D eigenvalue weighted by Crippen LogP contribution is 2.27. The molecule has 0 aliphatic heterocycles. The molecule has 0 unspecified atom stereocenters. The molecule has 2 rings (SSSR count). The minimum absolute atomic E-state index is 0.0380. The summed E-state index contributed by atoms with van der Waals surface area (Å²) in [7, 11) is 1.46. The number of methoxy groups -OCH3 is 1. The number of hydrogen-bond donors (Lipinski definition) is 2. The van der Waals surface area contributed by atoms with Crippen LogP contribution in [0.3, 0.4) is 0 Å². The van der Waals surface area contributed by atoms with Gasteiger partial charge in [0.15, 0.2) is 18.1 Å². The Morgan fingerprint density at radius 2 is 2.09 bits per heavy atom. The third-order valence-corrected chi connectivity index (χ3v) is 3.00. The van der Waals surface area contributed by atoms with Crippen LogP contribution in [-0.2, 0) is 4.79 Å². The van der Waals surface area contributed by atoms with Gasteiger partial charge in [-0.25, -0.2) is 5.43 Å². The first-order valence-electron chi connectivity index (χ1n) is 6.97. The predicted octanol–water partition coefficient (Wildman–Crippen LogP) is 2.24. The van der Waals surface area contributed by atoms with Gasteiger partial charge in [0.25, 0.3) is 5.91 Å². The number of hydrogen-bond acceptors (Lipinski definition) is 5. The van der Waals surface area contributed by atoms with Crippen LogP contribution in [0, 0.1) is 6.92 Å². The van der Waals surface area contributed by atoms with E-state index in [0.717, 1.165) is 5.56 Å². The van der Waals surface area contributed by atoms with Crippen molar-refractivity contribution < 1.29 is 19.4 Å². The van der Waals surface area contributed by atoms with Crippen LogP contribution in [0.4, 0.5) is 0 Å². The number of nitrogens with zero attached hydrogens (tertiary/aromatic N) is 1. The van der Waals surface area contributed by atoms with Crippen molar-refractivity contribution >= 4 is 12.1 Å². The fourth-order valence-electron chi connectivity index (χ4n) is 1.87. The van der Waals surface area contributed by atoms with Crippen LogP contribution >= 0.6 is 0 Å². The van der Waals surface area contributed by atoms with Crippen LogP contribution in [0.2, 0.25) is 0 Å². The monoisotopic (exact) mass is 314 g/mol. The van der Waals surface area contributed by atoms with Crippen molar-refractivity contribution in [3.63, 3.8) is 0 Å². The fraction of sp³-hybridized carbons (Fsp3) is 0.176. The molecule has 0 heterocycles. The lowest BCUT2D eigenvalue weighted by Gasteiger charge is -2.06. The second-order valence-electron chi connectivity index (χ2n) is 4.80. The molecule has 2 aromatic carbocycles. The molecular weight excluding hydrogens is 296 g/mol. The van der Waals surface area contributed by atoms with Crippen LogP contribution in [0.5, 0.6) is 17.2 Å². The van der Waals surface area contributed by atoms with Gasteiger partial charge in [-0.1, -0.05) is 18.2 Å². The number of hydrazone groups is 1. The minimum Gasteiger partial charge on any atom is -0.504 e. The van der Waals surface area contributed by atoms with E-state index >= 15 is 0 Å². The summed E-state index contributed by atoms with van der Waals surface area (Å²) in [5, 5.41) is 13.7. The summed E-state index contributed by atoms with van der Waals surface area (Å²) in [6.45, 7) is 1.79. The van der Waals surface area contributed by atoms with E-state index in [4.69, 9.17) is 9.47 Å². The average molecular weight is 314 g/mol. The Morgan fingerprint density at radius 3 is 2.83 bits per heavy atom. The Balaban J connectivity index is 1.87. The van der Waals surface area contributed by atoms with E-state index in [0.29, 0.717) is 17.1 Å². The number of benzene rings is 2. The third-order valence-electron chi connectivity index (χ3n) is 3.00. The zero-order valence-electron chi connectivity index (χ0n) is 12.9. The Kier molecular flexibility index (Phi) is 5.57. The van der Waals surface area contributed by atoms with Crippen LogP contribution in [-0.4, -0.2) is 30.9 Å². The van der Waals surface area contributed by atoms with E-state index in [2.05, 4.69) is 10.5 Å². The van der Waals surface area contributed by atoms with Crippen molar-refractivity contribution in [1.82, 2.24) is 5.43 Å². The van der Waals surface area contributed by atoms with Crippen LogP contribution in [0.25, 0.3) is 0 Å². The lowest BCUT2D eigenvalue weighted by Crippen LogP contribution is -2.24. The summed E-state index contributed by atoms with van der Waals surface area (Å²) >= 11 is 0. The maximum atomic E-state index is 11.7. The van der Waals surface area contributed by atoms with Gasteiger partial charge in [0.05, 0.1) is 13.3 Å².